The summed E-state index contributed by atoms with van der Waals surface area (Å²) in [6.45, 7) is 7.07. The van der Waals surface area contributed by atoms with Crippen LogP contribution in [-0.4, -0.2) is 19.0 Å². The third kappa shape index (κ3) is 3.15. The van der Waals surface area contributed by atoms with Crippen molar-refractivity contribution in [1.29, 1.82) is 0 Å². The van der Waals surface area contributed by atoms with E-state index in [4.69, 9.17) is 10.2 Å². The lowest BCUT2D eigenvalue weighted by molar-refractivity contribution is 0.0912. The Balaban J connectivity index is 2.13. The highest BCUT2D eigenvalue weighted by Gasteiger charge is 2.19. The van der Waals surface area contributed by atoms with Crippen LogP contribution >= 0.6 is 0 Å². The van der Waals surface area contributed by atoms with Gasteiger partial charge in [0.05, 0.1) is 0 Å². The molecule has 0 saturated carbocycles. The maximum atomic E-state index is 12.0. The summed E-state index contributed by atoms with van der Waals surface area (Å²) in [7, 11) is 0. The first kappa shape index (κ1) is 13.6. The highest BCUT2D eigenvalue weighted by Crippen LogP contribution is 2.20. The molecular weight excluding hydrogens is 240 g/mol. The molecule has 0 atom stereocenters. The topological polar surface area (TPSA) is 68.3 Å². The van der Waals surface area contributed by atoms with Gasteiger partial charge in [-0.2, -0.15) is 0 Å². The molecule has 0 bridgehead atoms. The maximum Gasteiger partial charge on any atom is 0.287 e. The van der Waals surface area contributed by atoms with Crippen LogP contribution in [-0.2, 0) is 0 Å². The first-order chi connectivity index (χ1) is 8.91. The summed E-state index contributed by atoms with van der Waals surface area (Å²) in [5.74, 6) is 0.142. The van der Waals surface area contributed by atoms with Crippen molar-refractivity contribution in [3.63, 3.8) is 0 Å². The molecule has 2 rings (SSSR count). The van der Waals surface area contributed by atoms with Gasteiger partial charge in [-0.3, -0.25) is 4.79 Å². The Hall–Kier alpha value is -1.81. The lowest BCUT2D eigenvalue weighted by Crippen LogP contribution is -2.38. The van der Waals surface area contributed by atoms with Gasteiger partial charge in [0.25, 0.3) is 5.91 Å². The standard InChI is InChI=1S/C15H20N2O2/c1-10-4-5-12-11(6-10)7-13(19-12)14(18)17-9-15(2,3)8-16/h4-7H,8-9,16H2,1-3H3,(H,17,18). The summed E-state index contributed by atoms with van der Waals surface area (Å²) in [6.07, 6.45) is 0. The molecule has 4 nitrogen and oxygen atoms in total. The van der Waals surface area contributed by atoms with Crippen molar-refractivity contribution < 1.29 is 9.21 Å². The smallest absolute Gasteiger partial charge is 0.287 e. The lowest BCUT2D eigenvalue weighted by atomic mass is 9.94. The monoisotopic (exact) mass is 260 g/mol. The van der Waals surface area contributed by atoms with E-state index < -0.39 is 0 Å². The van der Waals surface area contributed by atoms with E-state index >= 15 is 0 Å². The van der Waals surface area contributed by atoms with Crippen molar-refractivity contribution >= 4 is 16.9 Å². The van der Waals surface area contributed by atoms with Gasteiger partial charge < -0.3 is 15.5 Å². The summed E-state index contributed by atoms with van der Waals surface area (Å²) in [4.78, 5) is 12.0. The van der Waals surface area contributed by atoms with E-state index in [2.05, 4.69) is 5.32 Å². The van der Waals surface area contributed by atoms with Gasteiger partial charge in [-0.1, -0.05) is 25.5 Å². The van der Waals surface area contributed by atoms with Gasteiger partial charge in [0, 0.05) is 11.9 Å². The molecule has 2 aromatic rings. The average molecular weight is 260 g/mol. The van der Waals surface area contributed by atoms with E-state index in [1.165, 1.54) is 0 Å². The van der Waals surface area contributed by atoms with E-state index in [0.29, 0.717) is 18.8 Å². The third-order valence-electron chi connectivity index (χ3n) is 3.18. The van der Waals surface area contributed by atoms with Gasteiger partial charge in [0.2, 0.25) is 0 Å². The molecule has 0 radical (unpaired) electrons. The fourth-order valence-electron chi connectivity index (χ4n) is 1.75. The van der Waals surface area contributed by atoms with Gasteiger partial charge in [-0.05, 0) is 37.1 Å². The van der Waals surface area contributed by atoms with Crippen LogP contribution in [0.4, 0.5) is 0 Å². The van der Waals surface area contributed by atoms with Crippen molar-refractivity contribution in [3.8, 4) is 0 Å². The molecular formula is C15H20N2O2. The number of carbonyl (C=O) groups excluding carboxylic acids is 1. The number of rotatable bonds is 4. The molecule has 19 heavy (non-hydrogen) atoms. The Morgan fingerprint density at radius 1 is 1.37 bits per heavy atom. The number of nitrogens with one attached hydrogen (secondary N) is 1. The zero-order valence-electron chi connectivity index (χ0n) is 11.6. The van der Waals surface area contributed by atoms with E-state index in [1.807, 2.05) is 39.0 Å². The van der Waals surface area contributed by atoms with Crippen LogP contribution in [0.5, 0.6) is 0 Å². The highest BCUT2D eigenvalue weighted by atomic mass is 16.3. The second kappa shape index (κ2) is 5.05. The van der Waals surface area contributed by atoms with Crippen molar-refractivity contribution in [2.45, 2.75) is 20.8 Å². The van der Waals surface area contributed by atoms with Gasteiger partial charge in [-0.15, -0.1) is 0 Å². The number of carbonyl (C=O) groups is 1. The Labute approximate surface area is 113 Å². The Morgan fingerprint density at radius 2 is 2.11 bits per heavy atom. The predicted octanol–water partition coefficient (Wildman–Crippen LogP) is 2.46. The van der Waals surface area contributed by atoms with Gasteiger partial charge in [0.1, 0.15) is 5.58 Å². The molecule has 4 heteroatoms. The van der Waals surface area contributed by atoms with Crippen molar-refractivity contribution in [2.75, 3.05) is 13.1 Å². The largest absolute Gasteiger partial charge is 0.451 e. The second-order valence-electron chi connectivity index (χ2n) is 5.70. The SMILES string of the molecule is Cc1ccc2oc(C(=O)NCC(C)(C)CN)cc2c1. The van der Waals surface area contributed by atoms with Crippen LogP contribution in [0.2, 0.25) is 0 Å². The molecule has 0 aliphatic rings. The summed E-state index contributed by atoms with van der Waals surface area (Å²) >= 11 is 0. The highest BCUT2D eigenvalue weighted by molar-refractivity contribution is 5.96. The van der Waals surface area contributed by atoms with Gasteiger partial charge in [-0.25, -0.2) is 0 Å². The fraction of sp³-hybridized carbons (Fsp3) is 0.400. The van der Waals surface area contributed by atoms with Crippen LogP contribution < -0.4 is 11.1 Å². The third-order valence-corrected chi connectivity index (χ3v) is 3.18. The van der Waals surface area contributed by atoms with E-state index in [1.54, 1.807) is 6.07 Å². The first-order valence-electron chi connectivity index (χ1n) is 6.40. The molecule has 3 N–H and O–H groups in total. The number of amides is 1. The van der Waals surface area contributed by atoms with Crippen LogP contribution in [0.1, 0.15) is 30.0 Å². The van der Waals surface area contributed by atoms with Crippen LogP contribution in [0, 0.1) is 12.3 Å². The number of fused-ring (bicyclic) bond motifs is 1. The lowest BCUT2D eigenvalue weighted by Gasteiger charge is -2.22. The Bertz CT molecular complexity index is 599. The molecule has 0 unspecified atom stereocenters. The number of benzene rings is 1. The van der Waals surface area contributed by atoms with Crippen molar-refractivity contribution in [2.24, 2.45) is 11.1 Å². The van der Waals surface area contributed by atoms with Crippen molar-refractivity contribution in [1.82, 2.24) is 5.32 Å². The molecule has 1 aromatic heterocycles. The first-order valence-corrected chi connectivity index (χ1v) is 6.40. The van der Waals surface area contributed by atoms with Crippen molar-refractivity contribution in [3.05, 3.63) is 35.6 Å². The summed E-state index contributed by atoms with van der Waals surface area (Å²) in [5.41, 5.74) is 7.40. The number of aryl methyl sites for hydroxylation is 1. The second-order valence-corrected chi connectivity index (χ2v) is 5.70. The zero-order chi connectivity index (χ0) is 14.0. The number of nitrogens with two attached hydrogens (primary N) is 1. The van der Waals surface area contributed by atoms with Gasteiger partial charge in [0.15, 0.2) is 5.76 Å². The number of furan rings is 1. The van der Waals surface area contributed by atoms with E-state index in [-0.39, 0.29) is 11.3 Å². The number of hydrogen-bond donors (Lipinski definition) is 2. The fourth-order valence-corrected chi connectivity index (χ4v) is 1.75. The van der Waals surface area contributed by atoms with Crippen LogP contribution in [0.15, 0.2) is 28.7 Å². The average Bonchev–Trinajstić information content (AvgIpc) is 2.79. The molecule has 1 amide bonds. The molecule has 0 aliphatic carbocycles. The Kier molecular flexibility index (Phi) is 3.62. The molecule has 1 heterocycles. The molecule has 0 aliphatic heterocycles. The van der Waals surface area contributed by atoms with E-state index in [9.17, 15) is 4.79 Å². The predicted molar refractivity (Wildman–Crippen MR) is 76.1 cm³/mol. The minimum Gasteiger partial charge on any atom is -0.451 e. The van der Waals surface area contributed by atoms with Crippen LogP contribution in [0.25, 0.3) is 11.0 Å². The van der Waals surface area contributed by atoms with E-state index in [0.717, 1.165) is 16.5 Å². The quantitative estimate of drug-likeness (QED) is 0.887. The summed E-state index contributed by atoms with van der Waals surface area (Å²) in [5, 5.41) is 3.80. The minimum atomic E-state index is -0.199. The molecule has 0 fully saturated rings. The zero-order valence-corrected chi connectivity index (χ0v) is 11.6. The normalized spacial score (nSPS) is 11.8. The molecule has 0 spiro atoms. The summed E-state index contributed by atoms with van der Waals surface area (Å²) < 4.78 is 5.54. The van der Waals surface area contributed by atoms with Crippen LogP contribution in [0.3, 0.4) is 0 Å². The maximum absolute atomic E-state index is 12.0. The minimum absolute atomic E-state index is 0.113. The summed E-state index contributed by atoms with van der Waals surface area (Å²) in [6, 6.07) is 7.61. The Morgan fingerprint density at radius 3 is 2.79 bits per heavy atom. The number of hydrogen-bond acceptors (Lipinski definition) is 3. The molecule has 0 saturated heterocycles. The molecule has 1 aromatic carbocycles. The van der Waals surface area contributed by atoms with Gasteiger partial charge >= 0.3 is 0 Å². The molecule has 102 valence electrons.